The fourth-order valence-corrected chi connectivity index (χ4v) is 2.15. The van der Waals surface area contributed by atoms with Crippen LogP contribution in [0.4, 0.5) is 0 Å². The third kappa shape index (κ3) is 4.69. The highest BCUT2D eigenvalue weighted by Crippen LogP contribution is 2.13. The zero-order valence-electron chi connectivity index (χ0n) is 6.16. The highest BCUT2D eigenvalue weighted by Gasteiger charge is 1.90. The topological polar surface area (TPSA) is 26.0 Å². The Labute approximate surface area is 81.8 Å². The molecule has 0 saturated heterocycles. The fraction of sp³-hybridized carbons (Fsp3) is 0.429. The van der Waals surface area contributed by atoms with Gasteiger partial charge in [0, 0.05) is 18.1 Å². The minimum absolute atomic E-state index is 0. The molecule has 1 rings (SSSR count). The molecule has 1 aromatic heterocycles. The highest BCUT2D eigenvalue weighted by atomic mass is 35.5. The van der Waals surface area contributed by atoms with Crippen LogP contribution in [0, 0.1) is 0 Å². The second-order valence-electron chi connectivity index (χ2n) is 1.97. The quantitative estimate of drug-likeness (QED) is 0.771. The molecule has 0 spiro atoms. The summed E-state index contributed by atoms with van der Waals surface area (Å²) in [6, 6.07) is 2.16. The summed E-state index contributed by atoms with van der Waals surface area (Å²) in [6.45, 7) is 0.787. The molecule has 0 fully saturated rings. The van der Waals surface area contributed by atoms with Crippen LogP contribution in [-0.2, 0) is 5.75 Å². The second kappa shape index (κ2) is 6.98. The first-order valence-corrected chi connectivity index (χ1v) is 5.32. The molecule has 0 amide bonds. The van der Waals surface area contributed by atoms with E-state index in [-0.39, 0.29) is 12.4 Å². The summed E-state index contributed by atoms with van der Waals surface area (Å²) >= 11 is 3.65. The van der Waals surface area contributed by atoms with E-state index in [1.807, 2.05) is 11.8 Å². The lowest BCUT2D eigenvalue weighted by atomic mass is 10.4. The standard InChI is InChI=1S/C7H11NS2.ClH/c8-2-4-10-6-7-1-3-9-5-7;/h1,3,5H,2,4,6,8H2;1H. The monoisotopic (exact) mass is 209 g/mol. The highest BCUT2D eigenvalue weighted by molar-refractivity contribution is 7.98. The van der Waals surface area contributed by atoms with Gasteiger partial charge in [0.05, 0.1) is 0 Å². The number of hydrogen-bond acceptors (Lipinski definition) is 3. The molecule has 0 unspecified atom stereocenters. The molecule has 1 nitrogen and oxygen atoms in total. The molecule has 0 atom stereocenters. The minimum Gasteiger partial charge on any atom is -0.330 e. The predicted molar refractivity (Wildman–Crippen MR) is 56.8 cm³/mol. The van der Waals surface area contributed by atoms with Crippen molar-refractivity contribution < 1.29 is 0 Å². The summed E-state index contributed by atoms with van der Waals surface area (Å²) in [6.07, 6.45) is 0. The molecule has 0 aliphatic carbocycles. The zero-order valence-corrected chi connectivity index (χ0v) is 8.60. The molecule has 0 radical (unpaired) electrons. The number of thiophene rings is 1. The summed E-state index contributed by atoms with van der Waals surface area (Å²) in [5.41, 5.74) is 6.77. The normalized spacial score (nSPS) is 9.18. The average Bonchev–Trinajstić information content (AvgIpc) is 2.41. The van der Waals surface area contributed by atoms with Gasteiger partial charge in [0.15, 0.2) is 0 Å². The van der Waals surface area contributed by atoms with E-state index in [4.69, 9.17) is 5.73 Å². The molecule has 0 bridgehead atoms. The summed E-state index contributed by atoms with van der Waals surface area (Å²) < 4.78 is 0. The first-order chi connectivity index (χ1) is 4.93. The van der Waals surface area contributed by atoms with Crippen molar-refractivity contribution in [2.24, 2.45) is 5.73 Å². The molecule has 1 aromatic rings. The maximum Gasteiger partial charge on any atom is 0.0193 e. The van der Waals surface area contributed by atoms with Crippen molar-refractivity contribution in [2.75, 3.05) is 12.3 Å². The average molecular weight is 210 g/mol. The van der Waals surface area contributed by atoms with Crippen LogP contribution in [0.3, 0.4) is 0 Å². The van der Waals surface area contributed by atoms with Gasteiger partial charge in [0.1, 0.15) is 0 Å². The van der Waals surface area contributed by atoms with E-state index in [1.165, 1.54) is 5.56 Å². The van der Waals surface area contributed by atoms with Crippen molar-refractivity contribution in [3.05, 3.63) is 22.4 Å². The number of hydrogen-bond donors (Lipinski definition) is 1. The van der Waals surface area contributed by atoms with E-state index in [1.54, 1.807) is 11.3 Å². The van der Waals surface area contributed by atoms with E-state index >= 15 is 0 Å². The van der Waals surface area contributed by atoms with Crippen LogP contribution < -0.4 is 5.73 Å². The van der Waals surface area contributed by atoms with Gasteiger partial charge in [-0.05, 0) is 22.4 Å². The second-order valence-corrected chi connectivity index (χ2v) is 3.86. The third-order valence-corrected chi connectivity index (χ3v) is 2.90. The Balaban J connectivity index is 0.000001000. The Bertz CT molecular complexity index is 165. The van der Waals surface area contributed by atoms with Crippen LogP contribution >= 0.6 is 35.5 Å². The molecule has 0 saturated carbocycles. The van der Waals surface area contributed by atoms with Gasteiger partial charge in [0.2, 0.25) is 0 Å². The van der Waals surface area contributed by atoms with Crippen molar-refractivity contribution >= 4 is 35.5 Å². The Morgan fingerprint density at radius 1 is 1.55 bits per heavy atom. The number of rotatable bonds is 4. The van der Waals surface area contributed by atoms with Crippen LogP contribution in [0.2, 0.25) is 0 Å². The zero-order chi connectivity index (χ0) is 7.23. The summed E-state index contributed by atoms with van der Waals surface area (Å²) in [5, 5.41) is 4.29. The van der Waals surface area contributed by atoms with E-state index in [2.05, 4.69) is 16.8 Å². The van der Waals surface area contributed by atoms with Gasteiger partial charge in [-0.25, -0.2) is 0 Å². The summed E-state index contributed by atoms with van der Waals surface area (Å²) in [7, 11) is 0. The van der Waals surface area contributed by atoms with Crippen molar-refractivity contribution in [2.45, 2.75) is 5.75 Å². The molecule has 11 heavy (non-hydrogen) atoms. The molecule has 1 heterocycles. The summed E-state index contributed by atoms with van der Waals surface area (Å²) in [4.78, 5) is 0. The Morgan fingerprint density at radius 3 is 2.91 bits per heavy atom. The van der Waals surface area contributed by atoms with Crippen molar-refractivity contribution in [1.29, 1.82) is 0 Å². The number of nitrogens with two attached hydrogens (primary N) is 1. The lowest BCUT2D eigenvalue weighted by Gasteiger charge is -1.94. The van der Waals surface area contributed by atoms with Gasteiger partial charge in [-0.15, -0.1) is 12.4 Å². The van der Waals surface area contributed by atoms with Gasteiger partial charge in [-0.1, -0.05) is 0 Å². The molecule has 0 aliphatic heterocycles. The van der Waals surface area contributed by atoms with Crippen LogP contribution in [0.1, 0.15) is 5.56 Å². The smallest absolute Gasteiger partial charge is 0.0193 e. The van der Waals surface area contributed by atoms with Crippen LogP contribution in [0.25, 0.3) is 0 Å². The van der Waals surface area contributed by atoms with Crippen LogP contribution in [0.5, 0.6) is 0 Å². The van der Waals surface area contributed by atoms with Crippen molar-refractivity contribution in [3.63, 3.8) is 0 Å². The van der Waals surface area contributed by atoms with Gasteiger partial charge >= 0.3 is 0 Å². The minimum atomic E-state index is 0. The molecule has 2 N–H and O–H groups in total. The van der Waals surface area contributed by atoms with E-state index < -0.39 is 0 Å². The number of halogens is 1. The van der Waals surface area contributed by atoms with Gasteiger partial charge in [-0.2, -0.15) is 23.1 Å². The molecular weight excluding hydrogens is 198 g/mol. The Morgan fingerprint density at radius 2 is 2.36 bits per heavy atom. The summed E-state index contributed by atoms with van der Waals surface area (Å²) in [5.74, 6) is 2.18. The van der Waals surface area contributed by atoms with Crippen molar-refractivity contribution in [3.8, 4) is 0 Å². The van der Waals surface area contributed by atoms with Crippen molar-refractivity contribution in [1.82, 2.24) is 0 Å². The van der Waals surface area contributed by atoms with E-state index in [0.717, 1.165) is 18.1 Å². The maximum absolute atomic E-state index is 5.35. The molecule has 0 aromatic carbocycles. The Hall–Kier alpha value is 0.300. The first-order valence-electron chi connectivity index (χ1n) is 3.22. The van der Waals surface area contributed by atoms with E-state index in [9.17, 15) is 0 Å². The van der Waals surface area contributed by atoms with Gasteiger partial charge in [-0.3, -0.25) is 0 Å². The lowest BCUT2D eigenvalue weighted by molar-refractivity contribution is 1.15. The molecule has 0 aliphatic rings. The maximum atomic E-state index is 5.35. The van der Waals surface area contributed by atoms with E-state index in [0.29, 0.717) is 0 Å². The first kappa shape index (κ1) is 11.3. The molecule has 64 valence electrons. The number of thioether (sulfide) groups is 1. The fourth-order valence-electron chi connectivity index (χ4n) is 0.648. The van der Waals surface area contributed by atoms with Crippen LogP contribution in [0.15, 0.2) is 16.8 Å². The third-order valence-electron chi connectivity index (χ3n) is 1.11. The largest absolute Gasteiger partial charge is 0.330 e. The predicted octanol–water partition coefficient (Wildman–Crippen LogP) is 2.36. The Kier molecular flexibility index (Phi) is 7.17. The molecular formula is C7H12ClNS2. The molecule has 4 heteroatoms. The van der Waals surface area contributed by atoms with Crippen LogP contribution in [-0.4, -0.2) is 12.3 Å². The lowest BCUT2D eigenvalue weighted by Crippen LogP contribution is -2.01. The van der Waals surface area contributed by atoms with Gasteiger partial charge in [0.25, 0.3) is 0 Å². The van der Waals surface area contributed by atoms with Gasteiger partial charge < -0.3 is 5.73 Å². The SMILES string of the molecule is Cl.NCCSCc1ccsc1.